The Kier molecular flexibility index (Phi) is 6.69. The van der Waals surface area contributed by atoms with Gasteiger partial charge < -0.3 is 14.8 Å². The van der Waals surface area contributed by atoms with Crippen molar-refractivity contribution in [3.63, 3.8) is 0 Å². The van der Waals surface area contributed by atoms with Crippen molar-refractivity contribution < 1.29 is 14.3 Å². The summed E-state index contributed by atoms with van der Waals surface area (Å²) in [5, 5.41) is 2.90. The average Bonchev–Trinajstić information content (AvgIpc) is 2.48. The van der Waals surface area contributed by atoms with E-state index < -0.39 is 5.60 Å². The number of nitrogens with one attached hydrogen (secondary N) is 1. The minimum absolute atomic E-state index is 0.133. The molecule has 1 unspecified atom stereocenters. The van der Waals surface area contributed by atoms with Gasteiger partial charge in [-0.1, -0.05) is 20.3 Å². The van der Waals surface area contributed by atoms with Gasteiger partial charge in [0.05, 0.1) is 6.61 Å². The highest BCUT2D eigenvalue weighted by Gasteiger charge is 2.30. The lowest BCUT2D eigenvalue weighted by Crippen LogP contribution is -2.41. The second-order valence-corrected chi connectivity index (χ2v) is 5.42. The van der Waals surface area contributed by atoms with E-state index in [1.54, 1.807) is 14.0 Å². The van der Waals surface area contributed by atoms with Crippen molar-refractivity contribution in [2.45, 2.75) is 52.6 Å². The quantitative estimate of drug-likeness (QED) is 0.739. The molecule has 4 heteroatoms. The second kappa shape index (κ2) is 8.03. The zero-order chi connectivity index (χ0) is 15.9. The number of hydrogen-bond acceptors (Lipinski definition) is 3. The molecule has 0 heterocycles. The molecule has 1 aromatic rings. The number of unbranched alkanes of at least 4 members (excludes halogenated alkanes) is 1. The van der Waals surface area contributed by atoms with Crippen LogP contribution in [0.2, 0.25) is 0 Å². The van der Waals surface area contributed by atoms with Gasteiger partial charge in [-0.3, -0.25) is 4.79 Å². The summed E-state index contributed by atoms with van der Waals surface area (Å²) in [6, 6.07) is 5.68. The first kappa shape index (κ1) is 17.5. The molecule has 0 radical (unpaired) electrons. The predicted molar refractivity (Wildman–Crippen MR) is 85.9 cm³/mol. The third-order valence-corrected chi connectivity index (χ3v) is 3.79. The zero-order valence-corrected chi connectivity index (χ0v) is 13.8. The van der Waals surface area contributed by atoms with Gasteiger partial charge in [-0.25, -0.2) is 0 Å². The molecular weight excluding hydrogens is 266 g/mol. The summed E-state index contributed by atoms with van der Waals surface area (Å²) in [5.74, 6) is 0.734. The number of amides is 1. The van der Waals surface area contributed by atoms with E-state index >= 15 is 0 Å². The number of carbonyl (C=O) groups is 1. The number of ether oxygens (including phenoxy) is 2. The molecule has 0 aliphatic heterocycles. The molecule has 4 nitrogen and oxygen atoms in total. The van der Waals surface area contributed by atoms with E-state index in [2.05, 4.69) is 12.2 Å². The van der Waals surface area contributed by atoms with E-state index in [0.717, 1.165) is 36.4 Å². The Bertz CT molecular complexity index is 467. The molecule has 1 N–H and O–H groups in total. The van der Waals surface area contributed by atoms with E-state index in [4.69, 9.17) is 9.47 Å². The highest BCUT2D eigenvalue weighted by Crippen LogP contribution is 2.24. The molecule has 118 valence electrons. The Morgan fingerprint density at radius 1 is 1.33 bits per heavy atom. The second-order valence-electron chi connectivity index (χ2n) is 5.42. The molecule has 0 fully saturated rings. The average molecular weight is 293 g/mol. The van der Waals surface area contributed by atoms with Crippen LogP contribution in [0.25, 0.3) is 0 Å². The van der Waals surface area contributed by atoms with Crippen LogP contribution in [0.5, 0.6) is 5.75 Å². The lowest BCUT2D eigenvalue weighted by Gasteiger charge is -2.25. The Labute approximate surface area is 127 Å². The maximum Gasteiger partial charge on any atom is 0.256 e. The van der Waals surface area contributed by atoms with Gasteiger partial charge >= 0.3 is 0 Å². The summed E-state index contributed by atoms with van der Waals surface area (Å²) >= 11 is 0. The molecule has 0 aliphatic rings. The minimum Gasteiger partial charge on any atom is -0.493 e. The summed E-state index contributed by atoms with van der Waals surface area (Å²) in [6.07, 6.45) is 2.77. The van der Waals surface area contributed by atoms with Crippen LogP contribution in [0.4, 0.5) is 5.69 Å². The third-order valence-electron chi connectivity index (χ3n) is 3.79. The van der Waals surface area contributed by atoms with E-state index in [1.165, 1.54) is 0 Å². The molecule has 0 aromatic heterocycles. The molecule has 1 amide bonds. The summed E-state index contributed by atoms with van der Waals surface area (Å²) in [5.41, 5.74) is 0.973. The normalized spacial score (nSPS) is 13.6. The Balaban J connectivity index is 2.73. The highest BCUT2D eigenvalue weighted by atomic mass is 16.5. The van der Waals surface area contributed by atoms with Crippen LogP contribution in [0, 0.1) is 6.92 Å². The number of rotatable bonds is 8. The molecule has 0 saturated heterocycles. The minimum atomic E-state index is -0.801. The largest absolute Gasteiger partial charge is 0.493 e. The summed E-state index contributed by atoms with van der Waals surface area (Å²) in [6.45, 7) is 8.55. The number of carbonyl (C=O) groups excluding carboxylic acids is 1. The lowest BCUT2D eigenvalue weighted by molar-refractivity contribution is -0.136. The van der Waals surface area contributed by atoms with Crippen molar-refractivity contribution in [2.75, 3.05) is 19.0 Å². The van der Waals surface area contributed by atoms with Crippen LogP contribution < -0.4 is 10.1 Å². The maximum atomic E-state index is 12.2. The first-order valence-corrected chi connectivity index (χ1v) is 7.57. The van der Waals surface area contributed by atoms with Crippen LogP contribution >= 0.6 is 0 Å². The van der Waals surface area contributed by atoms with Gasteiger partial charge in [0.15, 0.2) is 0 Å². The smallest absolute Gasteiger partial charge is 0.256 e. The number of methoxy groups -OCH3 is 1. The van der Waals surface area contributed by atoms with Crippen LogP contribution in [-0.2, 0) is 9.53 Å². The van der Waals surface area contributed by atoms with Crippen LogP contribution in [0.3, 0.4) is 0 Å². The molecule has 1 atom stereocenters. The van der Waals surface area contributed by atoms with Crippen LogP contribution in [0.1, 0.15) is 45.6 Å². The van der Waals surface area contributed by atoms with Crippen molar-refractivity contribution in [2.24, 2.45) is 0 Å². The van der Waals surface area contributed by atoms with E-state index in [9.17, 15) is 4.79 Å². The van der Waals surface area contributed by atoms with E-state index in [1.807, 2.05) is 32.0 Å². The fourth-order valence-corrected chi connectivity index (χ4v) is 1.88. The molecule has 0 spiro atoms. The highest BCUT2D eigenvalue weighted by molar-refractivity contribution is 5.97. The first-order valence-electron chi connectivity index (χ1n) is 7.57. The molecule has 21 heavy (non-hydrogen) atoms. The van der Waals surface area contributed by atoms with Gasteiger partial charge in [0, 0.05) is 12.8 Å². The van der Waals surface area contributed by atoms with Gasteiger partial charge in [0.2, 0.25) is 0 Å². The van der Waals surface area contributed by atoms with Gasteiger partial charge in [0.1, 0.15) is 11.4 Å². The van der Waals surface area contributed by atoms with Gasteiger partial charge in [-0.15, -0.1) is 0 Å². The van der Waals surface area contributed by atoms with Crippen molar-refractivity contribution in [3.05, 3.63) is 23.8 Å². The molecule has 0 aliphatic carbocycles. The van der Waals surface area contributed by atoms with Crippen molar-refractivity contribution in [1.29, 1.82) is 0 Å². The standard InChI is InChI=1S/C17H27NO3/c1-6-8-11-21-15-10-9-14(12-13(15)3)18-16(19)17(4,7-2)20-5/h9-10,12H,6-8,11H2,1-5H3,(H,18,19). The topological polar surface area (TPSA) is 47.6 Å². The third kappa shape index (κ3) is 4.74. The summed E-state index contributed by atoms with van der Waals surface area (Å²) in [7, 11) is 1.55. The number of hydrogen-bond donors (Lipinski definition) is 1. The Morgan fingerprint density at radius 2 is 2.05 bits per heavy atom. The SMILES string of the molecule is CCCCOc1ccc(NC(=O)C(C)(CC)OC)cc1C. The number of aryl methyl sites for hydroxylation is 1. The predicted octanol–water partition coefficient (Wildman–Crippen LogP) is 3.93. The van der Waals surface area contributed by atoms with E-state index in [0.29, 0.717) is 6.42 Å². The zero-order valence-electron chi connectivity index (χ0n) is 13.8. The van der Waals surface area contributed by atoms with Crippen molar-refractivity contribution >= 4 is 11.6 Å². The first-order chi connectivity index (χ1) is 9.96. The molecular formula is C17H27NO3. The fourth-order valence-electron chi connectivity index (χ4n) is 1.88. The molecule has 1 aromatic carbocycles. The monoisotopic (exact) mass is 293 g/mol. The lowest BCUT2D eigenvalue weighted by atomic mass is 10.0. The van der Waals surface area contributed by atoms with Crippen molar-refractivity contribution in [3.8, 4) is 5.75 Å². The summed E-state index contributed by atoms with van der Waals surface area (Å²) in [4.78, 5) is 12.2. The van der Waals surface area contributed by atoms with E-state index in [-0.39, 0.29) is 5.91 Å². The van der Waals surface area contributed by atoms with Crippen molar-refractivity contribution in [1.82, 2.24) is 0 Å². The molecule has 0 bridgehead atoms. The van der Waals surface area contributed by atoms with Crippen LogP contribution in [-0.4, -0.2) is 25.2 Å². The number of benzene rings is 1. The van der Waals surface area contributed by atoms with Gasteiger partial charge in [0.25, 0.3) is 5.91 Å². The number of anilines is 1. The van der Waals surface area contributed by atoms with Gasteiger partial charge in [-0.2, -0.15) is 0 Å². The molecule has 1 rings (SSSR count). The van der Waals surface area contributed by atoms with Crippen LogP contribution in [0.15, 0.2) is 18.2 Å². The summed E-state index contributed by atoms with van der Waals surface area (Å²) < 4.78 is 11.0. The molecule has 0 saturated carbocycles. The fraction of sp³-hybridized carbons (Fsp3) is 0.588. The Hall–Kier alpha value is -1.55. The Morgan fingerprint density at radius 3 is 2.57 bits per heavy atom. The maximum absolute atomic E-state index is 12.2. The van der Waals surface area contributed by atoms with Gasteiger partial charge in [-0.05, 0) is 50.5 Å².